The first kappa shape index (κ1) is 28.8. The summed E-state index contributed by atoms with van der Waals surface area (Å²) in [7, 11) is -2.65. The van der Waals surface area contributed by atoms with Gasteiger partial charge < -0.3 is 10.2 Å². The number of benzene rings is 3. The van der Waals surface area contributed by atoms with E-state index < -0.39 is 34.3 Å². The number of amides is 2. The van der Waals surface area contributed by atoms with E-state index in [4.69, 9.17) is 0 Å². The fraction of sp³-hybridized carbons (Fsp3) is 0.310. The van der Waals surface area contributed by atoms with E-state index in [1.807, 2.05) is 26.8 Å². The van der Waals surface area contributed by atoms with Gasteiger partial charge in [-0.15, -0.1) is 0 Å². The second kappa shape index (κ2) is 12.2. The van der Waals surface area contributed by atoms with E-state index in [9.17, 15) is 22.4 Å². The molecule has 0 saturated heterocycles. The zero-order valence-electron chi connectivity index (χ0n) is 22.4. The van der Waals surface area contributed by atoms with Crippen molar-refractivity contribution in [3.63, 3.8) is 0 Å². The highest BCUT2D eigenvalue weighted by Crippen LogP contribution is 2.27. The van der Waals surface area contributed by atoms with Crippen molar-refractivity contribution >= 4 is 27.5 Å². The van der Waals surface area contributed by atoms with E-state index >= 15 is 0 Å². The maximum absolute atomic E-state index is 13.9. The normalized spacial score (nSPS) is 12.1. The Balaban J connectivity index is 2.08. The van der Waals surface area contributed by atoms with Crippen LogP contribution in [-0.4, -0.2) is 44.8 Å². The largest absolute Gasteiger partial charge is 0.357 e. The number of halogens is 1. The number of likely N-dealkylation sites (N-methyl/N-ethyl adjacent to an activating group) is 1. The first-order valence-electron chi connectivity index (χ1n) is 12.4. The number of hydrogen-bond acceptors (Lipinski definition) is 4. The SMILES string of the molecule is CC[C@H](C(=O)NC)N(Cc1ccc(F)cc1)C(=O)CN(c1ccc(C)c(C)c1)S(=O)(=O)c1ccc(C)cc1. The van der Waals surface area contributed by atoms with Gasteiger partial charge in [-0.25, -0.2) is 12.8 Å². The topological polar surface area (TPSA) is 86.8 Å². The van der Waals surface area contributed by atoms with Crippen molar-refractivity contribution in [2.24, 2.45) is 0 Å². The summed E-state index contributed by atoms with van der Waals surface area (Å²) in [6.07, 6.45) is 0.307. The van der Waals surface area contributed by atoms with Gasteiger partial charge in [-0.1, -0.05) is 42.8 Å². The summed E-state index contributed by atoms with van der Waals surface area (Å²) in [6.45, 7) is 6.91. The number of sulfonamides is 1. The van der Waals surface area contributed by atoms with Crippen LogP contribution in [0.2, 0.25) is 0 Å². The van der Waals surface area contributed by atoms with Crippen LogP contribution in [0.5, 0.6) is 0 Å². The van der Waals surface area contributed by atoms with Gasteiger partial charge >= 0.3 is 0 Å². The average molecular weight is 540 g/mol. The molecule has 1 N–H and O–H groups in total. The van der Waals surface area contributed by atoms with E-state index in [1.165, 1.54) is 48.3 Å². The summed E-state index contributed by atoms with van der Waals surface area (Å²) >= 11 is 0. The van der Waals surface area contributed by atoms with Crippen LogP contribution in [0, 0.1) is 26.6 Å². The van der Waals surface area contributed by atoms with E-state index in [-0.39, 0.29) is 17.3 Å². The van der Waals surface area contributed by atoms with Gasteiger partial charge in [0.05, 0.1) is 10.6 Å². The number of nitrogens with one attached hydrogen (secondary N) is 1. The summed E-state index contributed by atoms with van der Waals surface area (Å²) in [5.41, 5.74) is 3.72. The summed E-state index contributed by atoms with van der Waals surface area (Å²) in [5.74, 6) is -1.35. The lowest BCUT2D eigenvalue weighted by atomic mass is 10.1. The van der Waals surface area contributed by atoms with Crippen molar-refractivity contribution in [3.05, 3.63) is 94.8 Å². The van der Waals surface area contributed by atoms with Crippen molar-refractivity contribution in [2.45, 2.75) is 51.6 Å². The predicted molar refractivity (Wildman–Crippen MR) is 147 cm³/mol. The minimum Gasteiger partial charge on any atom is -0.357 e. The summed E-state index contributed by atoms with van der Waals surface area (Å²) in [6, 6.07) is 16.4. The van der Waals surface area contributed by atoms with Gasteiger partial charge in [0.25, 0.3) is 10.0 Å². The lowest BCUT2D eigenvalue weighted by Crippen LogP contribution is -2.51. The van der Waals surface area contributed by atoms with Crippen molar-refractivity contribution in [1.82, 2.24) is 10.2 Å². The van der Waals surface area contributed by atoms with E-state index in [2.05, 4.69) is 5.32 Å². The lowest BCUT2D eigenvalue weighted by Gasteiger charge is -2.33. The molecule has 0 bridgehead atoms. The molecule has 0 heterocycles. The van der Waals surface area contributed by atoms with Crippen molar-refractivity contribution < 1.29 is 22.4 Å². The van der Waals surface area contributed by atoms with Crippen molar-refractivity contribution in [3.8, 4) is 0 Å². The Morgan fingerprint density at radius 1 is 0.921 bits per heavy atom. The van der Waals surface area contributed by atoms with Crippen molar-refractivity contribution in [2.75, 3.05) is 17.9 Å². The number of nitrogens with zero attached hydrogens (tertiary/aromatic N) is 2. The van der Waals surface area contributed by atoms with Crippen LogP contribution in [0.4, 0.5) is 10.1 Å². The first-order chi connectivity index (χ1) is 18.0. The molecule has 7 nitrogen and oxygen atoms in total. The van der Waals surface area contributed by atoms with Gasteiger partial charge in [-0.3, -0.25) is 13.9 Å². The Morgan fingerprint density at radius 3 is 2.11 bits per heavy atom. The molecule has 0 aromatic heterocycles. The molecule has 1 atom stereocenters. The molecule has 0 aliphatic heterocycles. The van der Waals surface area contributed by atoms with Crippen LogP contribution in [0.1, 0.15) is 35.6 Å². The second-order valence-electron chi connectivity index (χ2n) is 9.28. The molecule has 0 saturated carbocycles. The van der Waals surface area contributed by atoms with Gasteiger partial charge in [-0.05, 0) is 80.3 Å². The van der Waals surface area contributed by atoms with Gasteiger partial charge in [0.1, 0.15) is 18.4 Å². The molecule has 3 rings (SSSR count). The molecule has 2 amide bonds. The van der Waals surface area contributed by atoms with Crippen LogP contribution >= 0.6 is 0 Å². The zero-order chi connectivity index (χ0) is 28.0. The molecule has 9 heteroatoms. The molecular formula is C29H34FN3O4S. The number of carbonyl (C=O) groups excluding carboxylic acids is 2. The molecule has 202 valence electrons. The Hall–Kier alpha value is -3.72. The highest BCUT2D eigenvalue weighted by Gasteiger charge is 2.33. The lowest BCUT2D eigenvalue weighted by molar-refractivity contribution is -0.140. The van der Waals surface area contributed by atoms with E-state index in [0.717, 1.165) is 21.0 Å². The third-order valence-electron chi connectivity index (χ3n) is 6.56. The molecule has 3 aromatic carbocycles. The Bertz CT molecular complexity index is 1390. The molecule has 0 radical (unpaired) electrons. The van der Waals surface area contributed by atoms with Gasteiger partial charge in [0.15, 0.2) is 0 Å². The van der Waals surface area contributed by atoms with Crippen LogP contribution in [0.15, 0.2) is 71.6 Å². The third-order valence-corrected chi connectivity index (χ3v) is 8.35. The summed E-state index contributed by atoms with van der Waals surface area (Å²) in [5, 5.41) is 2.58. The average Bonchev–Trinajstić information content (AvgIpc) is 2.89. The standard InChI is InChI=1S/C29H34FN3O4S/c1-6-27(29(35)31-5)32(18-23-10-12-24(30)13-11-23)28(34)19-33(25-14-9-21(3)22(4)17-25)38(36,37)26-15-7-20(2)8-16-26/h7-17,27H,6,18-19H2,1-5H3,(H,31,35)/t27-/m1/s1. The van der Waals surface area contributed by atoms with Crippen LogP contribution in [-0.2, 0) is 26.2 Å². The van der Waals surface area contributed by atoms with Crippen LogP contribution in [0.3, 0.4) is 0 Å². The highest BCUT2D eigenvalue weighted by molar-refractivity contribution is 7.92. The number of rotatable bonds is 10. The smallest absolute Gasteiger partial charge is 0.264 e. The van der Waals surface area contributed by atoms with Crippen molar-refractivity contribution in [1.29, 1.82) is 0 Å². The fourth-order valence-corrected chi connectivity index (χ4v) is 5.53. The third kappa shape index (κ3) is 6.58. The van der Waals surface area contributed by atoms with E-state index in [0.29, 0.717) is 17.7 Å². The first-order valence-corrected chi connectivity index (χ1v) is 13.8. The van der Waals surface area contributed by atoms with Gasteiger partial charge in [0, 0.05) is 13.6 Å². The second-order valence-corrected chi connectivity index (χ2v) is 11.1. The molecule has 0 aliphatic carbocycles. The Kier molecular flexibility index (Phi) is 9.27. The molecule has 0 spiro atoms. The zero-order valence-corrected chi connectivity index (χ0v) is 23.2. The Labute approximate surface area is 224 Å². The van der Waals surface area contributed by atoms with Gasteiger partial charge in [-0.2, -0.15) is 0 Å². The summed E-state index contributed by atoms with van der Waals surface area (Å²) < 4.78 is 42.3. The minimum absolute atomic E-state index is 0.0103. The highest BCUT2D eigenvalue weighted by atomic mass is 32.2. The van der Waals surface area contributed by atoms with E-state index in [1.54, 1.807) is 31.2 Å². The minimum atomic E-state index is -4.13. The predicted octanol–water partition coefficient (Wildman–Crippen LogP) is 4.50. The fourth-order valence-electron chi connectivity index (χ4n) is 4.12. The number of anilines is 1. The molecule has 0 aliphatic rings. The molecule has 0 unspecified atom stereocenters. The maximum atomic E-state index is 13.9. The molecule has 0 fully saturated rings. The maximum Gasteiger partial charge on any atom is 0.264 e. The molecule has 38 heavy (non-hydrogen) atoms. The number of aryl methyl sites for hydroxylation is 3. The quantitative estimate of drug-likeness (QED) is 0.411. The van der Waals surface area contributed by atoms with Crippen LogP contribution < -0.4 is 9.62 Å². The Morgan fingerprint density at radius 2 is 1.55 bits per heavy atom. The molecule has 3 aromatic rings. The number of carbonyl (C=O) groups is 2. The number of hydrogen-bond donors (Lipinski definition) is 1. The molecular weight excluding hydrogens is 505 g/mol. The van der Waals surface area contributed by atoms with Crippen LogP contribution in [0.25, 0.3) is 0 Å². The van der Waals surface area contributed by atoms with Gasteiger partial charge in [0.2, 0.25) is 11.8 Å². The monoisotopic (exact) mass is 539 g/mol. The summed E-state index contributed by atoms with van der Waals surface area (Å²) in [4.78, 5) is 28.0.